The summed E-state index contributed by atoms with van der Waals surface area (Å²) in [5.74, 6) is -0.236. The molecular weight excluding hydrogens is 405 g/mol. The van der Waals surface area contributed by atoms with Crippen LogP contribution in [0.15, 0.2) is 54.9 Å². The maximum Gasteiger partial charge on any atom is 0.433 e. The van der Waals surface area contributed by atoms with E-state index in [2.05, 4.69) is 20.2 Å². The molecule has 0 saturated carbocycles. The van der Waals surface area contributed by atoms with E-state index in [9.17, 15) is 18.0 Å². The summed E-state index contributed by atoms with van der Waals surface area (Å²) >= 11 is 0. The minimum atomic E-state index is -4.48. The van der Waals surface area contributed by atoms with Crippen LogP contribution in [0.2, 0.25) is 0 Å². The molecule has 1 aliphatic rings. The predicted octanol–water partition coefficient (Wildman–Crippen LogP) is 4.61. The summed E-state index contributed by atoms with van der Waals surface area (Å²) in [6, 6.07) is 11.2. The van der Waals surface area contributed by atoms with Crippen molar-refractivity contribution in [3.05, 3.63) is 71.7 Å². The lowest BCUT2D eigenvalue weighted by atomic mass is 10.0. The number of hydrogen-bond donors (Lipinski definition) is 1. The number of nitrogens with zero attached hydrogens (tertiary/aromatic N) is 3. The van der Waals surface area contributed by atoms with E-state index < -0.39 is 11.9 Å². The number of halogens is 3. The molecule has 1 N–H and O–H groups in total. The van der Waals surface area contributed by atoms with E-state index in [4.69, 9.17) is 0 Å². The second-order valence-electron chi connectivity index (χ2n) is 7.67. The highest BCUT2D eigenvalue weighted by Crippen LogP contribution is 2.30. The summed E-state index contributed by atoms with van der Waals surface area (Å²) in [5.41, 5.74) is 0.999. The number of alkyl halides is 3. The van der Waals surface area contributed by atoms with Gasteiger partial charge >= 0.3 is 6.18 Å². The molecule has 0 spiro atoms. The quantitative estimate of drug-likeness (QED) is 0.645. The van der Waals surface area contributed by atoms with Gasteiger partial charge in [0.2, 0.25) is 0 Å². The molecule has 1 unspecified atom stereocenters. The Hall–Kier alpha value is -3.00. The Kier molecular flexibility index (Phi) is 6.18. The van der Waals surface area contributed by atoms with Crippen LogP contribution in [0.5, 0.6) is 0 Å². The molecule has 0 radical (unpaired) electrons. The third kappa shape index (κ3) is 4.85. The van der Waals surface area contributed by atoms with Gasteiger partial charge < -0.3 is 5.32 Å². The van der Waals surface area contributed by atoms with Gasteiger partial charge in [-0.1, -0.05) is 24.6 Å². The number of pyridine rings is 2. The summed E-state index contributed by atoms with van der Waals surface area (Å²) in [6.07, 6.45) is 1.64. The molecule has 1 aromatic carbocycles. The van der Waals surface area contributed by atoms with Gasteiger partial charge in [-0.25, -0.2) is 0 Å². The van der Waals surface area contributed by atoms with Crippen molar-refractivity contribution in [3.63, 3.8) is 0 Å². The number of nitrogens with one attached hydrogen (secondary N) is 1. The minimum Gasteiger partial charge on any atom is -0.350 e. The Bertz CT molecular complexity index is 1040. The maximum absolute atomic E-state index is 12.9. The van der Waals surface area contributed by atoms with Gasteiger partial charge in [-0.2, -0.15) is 13.2 Å². The smallest absolute Gasteiger partial charge is 0.350 e. The third-order valence-corrected chi connectivity index (χ3v) is 5.64. The van der Waals surface area contributed by atoms with E-state index in [1.807, 2.05) is 12.1 Å². The van der Waals surface area contributed by atoms with Gasteiger partial charge in [0.25, 0.3) is 5.91 Å². The number of fused-ring (bicyclic) bond motifs is 1. The third-order valence-electron chi connectivity index (χ3n) is 5.64. The van der Waals surface area contributed by atoms with Gasteiger partial charge in [0.15, 0.2) is 0 Å². The normalized spacial score (nSPS) is 16.2. The van der Waals surface area contributed by atoms with Crippen LogP contribution in [0.4, 0.5) is 13.2 Å². The fourth-order valence-corrected chi connectivity index (χ4v) is 4.04. The predicted molar refractivity (Wildman–Crippen MR) is 111 cm³/mol. The van der Waals surface area contributed by atoms with Crippen LogP contribution in [-0.2, 0) is 6.18 Å². The molecule has 1 fully saturated rings. The first kappa shape index (κ1) is 21.2. The minimum absolute atomic E-state index is 0.236. The highest BCUT2D eigenvalue weighted by atomic mass is 19.4. The van der Waals surface area contributed by atoms with Crippen molar-refractivity contribution >= 4 is 16.8 Å². The fourth-order valence-electron chi connectivity index (χ4n) is 4.04. The van der Waals surface area contributed by atoms with Gasteiger partial charge in [-0.3, -0.25) is 19.7 Å². The highest BCUT2D eigenvalue weighted by Gasteiger charge is 2.33. The lowest BCUT2D eigenvalue weighted by molar-refractivity contribution is -0.141. The number of carbonyl (C=O) groups excluding carboxylic acids is 1. The van der Waals surface area contributed by atoms with Gasteiger partial charge in [0.1, 0.15) is 5.69 Å². The van der Waals surface area contributed by atoms with Crippen molar-refractivity contribution in [2.24, 2.45) is 0 Å². The molecule has 3 aromatic rings. The molecular formula is C23H23F3N4O. The lowest BCUT2D eigenvalue weighted by Gasteiger charge is -2.35. The van der Waals surface area contributed by atoms with Crippen molar-refractivity contribution in [3.8, 4) is 0 Å². The number of rotatable bonds is 5. The average molecular weight is 428 g/mol. The fraction of sp³-hybridized carbons (Fsp3) is 0.348. The molecule has 0 bridgehead atoms. The first-order chi connectivity index (χ1) is 14.9. The molecule has 8 heteroatoms. The van der Waals surface area contributed by atoms with E-state index in [-0.39, 0.29) is 18.5 Å². The molecule has 1 atom stereocenters. The van der Waals surface area contributed by atoms with Crippen molar-refractivity contribution < 1.29 is 18.0 Å². The Labute approximate surface area is 178 Å². The van der Waals surface area contributed by atoms with Crippen LogP contribution in [0, 0.1) is 0 Å². The molecule has 0 aliphatic carbocycles. The largest absolute Gasteiger partial charge is 0.433 e. The second-order valence-corrected chi connectivity index (χ2v) is 7.67. The molecule has 3 heterocycles. The Morgan fingerprint density at radius 1 is 1.03 bits per heavy atom. The van der Waals surface area contributed by atoms with Crippen molar-refractivity contribution in [1.29, 1.82) is 0 Å². The molecule has 162 valence electrons. The summed E-state index contributed by atoms with van der Waals surface area (Å²) in [4.78, 5) is 23.0. The standard InChI is InChI=1S/C23H23F3N4O/c24-23(25,26)21-10-9-16(14-28-21)20(30-12-2-1-3-13-30)15-29-22(31)18-6-4-8-19-17(18)7-5-11-27-19/h4-11,14,20H,1-3,12-13,15H2,(H,29,31). The Balaban J connectivity index is 1.55. The van der Waals surface area contributed by atoms with Gasteiger partial charge in [-0.05, 0) is 55.8 Å². The van der Waals surface area contributed by atoms with Crippen LogP contribution in [-0.4, -0.2) is 40.4 Å². The Morgan fingerprint density at radius 2 is 1.84 bits per heavy atom. The SMILES string of the molecule is O=C(NCC(c1ccc(C(F)(F)F)nc1)N1CCCCC1)c1cccc2ncccc12. The van der Waals surface area contributed by atoms with Gasteiger partial charge in [-0.15, -0.1) is 0 Å². The summed E-state index contributed by atoms with van der Waals surface area (Å²) in [7, 11) is 0. The molecule has 5 nitrogen and oxygen atoms in total. The van der Waals surface area contributed by atoms with E-state index in [1.54, 1.807) is 24.4 Å². The summed E-state index contributed by atoms with van der Waals surface area (Å²) < 4.78 is 38.7. The lowest BCUT2D eigenvalue weighted by Crippen LogP contribution is -2.40. The van der Waals surface area contributed by atoms with Crippen molar-refractivity contribution in [2.75, 3.05) is 19.6 Å². The van der Waals surface area contributed by atoms with Crippen molar-refractivity contribution in [1.82, 2.24) is 20.2 Å². The van der Waals surface area contributed by atoms with Crippen LogP contribution in [0.1, 0.15) is 46.9 Å². The van der Waals surface area contributed by atoms with Crippen LogP contribution in [0.3, 0.4) is 0 Å². The van der Waals surface area contributed by atoms with Crippen molar-refractivity contribution in [2.45, 2.75) is 31.5 Å². The van der Waals surface area contributed by atoms with E-state index in [0.29, 0.717) is 11.1 Å². The van der Waals surface area contributed by atoms with Crippen LogP contribution < -0.4 is 5.32 Å². The van der Waals surface area contributed by atoms with Crippen LogP contribution in [0.25, 0.3) is 10.9 Å². The van der Waals surface area contributed by atoms with E-state index in [1.165, 1.54) is 12.3 Å². The number of likely N-dealkylation sites (tertiary alicyclic amines) is 1. The number of carbonyl (C=O) groups is 1. The number of hydrogen-bond acceptors (Lipinski definition) is 4. The number of benzene rings is 1. The zero-order valence-corrected chi connectivity index (χ0v) is 16.9. The summed E-state index contributed by atoms with van der Waals surface area (Å²) in [5, 5.41) is 3.73. The van der Waals surface area contributed by atoms with E-state index >= 15 is 0 Å². The number of amides is 1. The molecule has 31 heavy (non-hydrogen) atoms. The number of aromatic nitrogens is 2. The zero-order chi connectivity index (χ0) is 21.8. The maximum atomic E-state index is 12.9. The molecule has 4 rings (SSSR count). The monoisotopic (exact) mass is 428 g/mol. The van der Waals surface area contributed by atoms with E-state index in [0.717, 1.165) is 49.3 Å². The summed E-state index contributed by atoms with van der Waals surface area (Å²) in [6.45, 7) is 1.95. The molecule has 1 aliphatic heterocycles. The molecule has 2 aromatic heterocycles. The molecule has 1 saturated heterocycles. The molecule has 1 amide bonds. The average Bonchev–Trinajstić information content (AvgIpc) is 2.79. The van der Waals surface area contributed by atoms with Gasteiger partial charge in [0, 0.05) is 29.9 Å². The first-order valence-electron chi connectivity index (χ1n) is 10.3. The zero-order valence-electron chi connectivity index (χ0n) is 16.9. The highest BCUT2D eigenvalue weighted by molar-refractivity contribution is 6.06. The Morgan fingerprint density at radius 3 is 2.55 bits per heavy atom. The van der Waals surface area contributed by atoms with Crippen LogP contribution >= 0.6 is 0 Å². The van der Waals surface area contributed by atoms with Gasteiger partial charge in [0.05, 0.1) is 11.6 Å². The topological polar surface area (TPSA) is 58.1 Å². The second kappa shape index (κ2) is 9.01. The number of piperidine rings is 1. The first-order valence-corrected chi connectivity index (χ1v) is 10.3.